The Morgan fingerprint density at radius 1 is 0.867 bits per heavy atom. The molecule has 0 radical (unpaired) electrons. The Morgan fingerprint density at radius 2 is 1.53 bits per heavy atom. The highest BCUT2D eigenvalue weighted by Crippen LogP contribution is 2.00. The van der Waals surface area contributed by atoms with Gasteiger partial charge < -0.3 is 0 Å². The molecule has 0 saturated heterocycles. The summed E-state index contributed by atoms with van der Waals surface area (Å²) in [4.78, 5) is 0. The van der Waals surface area contributed by atoms with E-state index in [0.29, 0.717) is 5.92 Å². The van der Waals surface area contributed by atoms with Crippen molar-refractivity contribution in [2.24, 2.45) is 5.92 Å². The topological polar surface area (TPSA) is 0 Å². The Labute approximate surface area is 92.6 Å². The molecule has 0 bridgehead atoms. The number of allylic oxidation sites excluding steroid dienone is 5. The molecule has 1 aromatic carbocycles. The molecule has 0 nitrogen and oxygen atoms in total. The molecule has 0 fully saturated rings. The van der Waals surface area contributed by atoms with Crippen molar-refractivity contribution in [3.8, 4) is 0 Å². The molecule has 0 N–H and O–H groups in total. The van der Waals surface area contributed by atoms with Crippen molar-refractivity contribution in [3.63, 3.8) is 0 Å². The van der Waals surface area contributed by atoms with Crippen LogP contribution in [0.2, 0.25) is 0 Å². The van der Waals surface area contributed by atoms with Crippen LogP contribution in [0.3, 0.4) is 0 Å². The highest BCUT2D eigenvalue weighted by atomic mass is 13.9. The molecular formula is C15H18. The van der Waals surface area contributed by atoms with Crippen molar-refractivity contribution in [3.05, 3.63) is 66.3 Å². The van der Waals surface area contributed by atoms with Crippen LogP contribution in [0.25, 0.3) is 6.08 Å². The van der Waals surface area contributed by atoms with Crippen molar-refractivity contribution in [2.75, 3.05) is 0 Å². The van der Waals surface area contributed by atoms with E-state index in [1.165, 1.54) is 5.56 Å². The fourth-order valence-electron chi connectivity index (χ4n) is 1.15. The monoisotopic (exact) mass is 198 g/mol. The molecule has 0 aliphatic rings. The summed E-state index contributed by atoms with van der Waals surface area (Å²) < 4.78 is 0. The van der Waals surface area contributed by atoms with Gasteiger partial charge in [-0.05, 0) is 11.5 Å². The smallest absolute Gasteiger partial charge is 0.0257 e. The SMILES string of the molecule is CC(C)/C=C/C=C/C=C/c1ccccc1. The van der Waals surface area contributed by atoms with Gasteiger partial charge in [-0.25, -0.2) is 0 Å². The van der Waals surface area contributed by atoms with Crippen LogP contribution in [0, 0.1) is 5.92 Å². The molecule has 1 rings (SSSR count). The van der Waals surface area contributed by atoms with Crippen LogP contribution in [-0.4, -0.2) is 0 Å². The first-order chi connectivity index (χ1) is 7.29. The summed E-state index contributed by atoms with van der Waals surface area (Å²) in [6.45, 7) is 4.34. The Hall–Kier alpha value is -1.56. The van der Waals surface area contributed by atoms with Gasteiger partial charge in [0.25, 0.3) is 0 Å². The predicted molar refractivity (Wildman–Crippen MR) is 68.6 cm³/mol. The first-order valence-electron chi connectivity index (χ1n) is 5.35. The molecule has 0 aromatic heterocycles. The van der Waals surface area contributed by atoms with E-state index in [9.17, 15) is 0 Å². The van der Waals surface area contributed by atoms with Crippen molar-refractivity contribution in [1.29, 1.82) is 0 Å². The van der Waals surface area contributed by atoms with Crippen LogP contribution in [0.5, 0.6) is 0 Å². The molecule has 0 heterocycles. The zero-order valence-electron chi connectivity index (χ0n) is 9.43. The van der Waals surface area contributed by atoms with E-state index in [0.717, 1.165) is 0 Å². The Balaban J connectivity index is 2.40. The fraction of sp³-hybridized carbons (Fsp3) is 0.200. The maximum Gasteiger partial charge on any atom is -0.0257 e. The van der Waals surface area contributed by atoms with Crippen molar-refractivity contribution in [1.82, 2.24) is 0 Å². The molecule has 0 aliphatic heterocycles. The average Bonchev–Trinajstić information content (AvgIpc) is 2.24. The normalized spacial score (nSPS) is 12.5. The number of hydrogen-bond acceptors (Lipinski definition) is 0. The van der Waals surface area contributed by atoms with Crippen molar-refractivity contribution < 1.29 is 0 Å². The van der Waals surface area contributed by atoms with Gasteiger partial charge in [0, 0.05) is 0 Å². The third-order valence-corrected chi connectivity index (χ3v) is 1.92. The molecule has 0 saturated carbocycles. The third kappa shape index (κ3) is 5.69. The van der Waals surface area contributed by atoms with Crippen LogP contribution in [-0.2, 0) is 0 Å². The van der Waals surface area contributed by atoms with E-state index in [-0.39, 0.29) is 0 Å². The molecule has 0 spiro atoms. The largest absolute Gasteiger partial charge is 0.0820 e. The molecule has 0 atom stereocenters. The number of hydrogen-bond donors (Lipinski definition) is 0. The van der Waals surface area contributed by atoms with Gasteiger partial charge in [0.15, 0.2) is 0 Å². The summed E-state index contributed by atoms with van der Waals surface area (Å²) >= 11 is 0. The Morgan fingerprint density at radius 3 is 2.20 bits per heavy atom. The van der Waals surface area contributed by atoms with E-state index in [4.69, 9.17) is 0 Å². The lowest BCUT2D eigenvalue weighted by Crippen LogP contribution is -1.74. The summed E-state index contributed by atoms with van der Waals surface area (Å²) in [7, 11) is 0. The van der Waals surface area contributed by atoms with Crippen LogP contribution in [0.1, 0.15) is 19.4 Å². The van der Waals surface area contributed by atoms with Crippen LogP contribution in [0.15, 0.2) is 60.7 Å². The molecule has 0 amide bonds. The molecular weight excluding hydrogens is 180 g/mol. The van der Waals surface area contributed by atoms with Gasteiger partial charge in [-0.2, -0.15) is 0 Å². The van der Waals surface area contributed by atoms with Crippen LogP contribution >= 0.6 is 0 Å². The van der Waals surface area contributed by atoms with E-state index in [2.05, 4.69) is 56.4 Å². The lowest BCUT2D eigenvalue weighted by atomic mass is 10.2. The van der Waals surface area contributed by atoms with Crippen molar-refractivity contribution >= 4 is 6.08 Å². The Kier molecular flexibility index (Phi) is 5.24. The van der Waals surface area contributed by atoms with E-state index in [1.54, 1.807) is 0 Å². The van der Waals surface area contributed by atoms with E-state index in [1.807, 2.05) is 24.3 Å². The first kappa shape index (κ1) is 11.5. The zero-order valence-corrected chi connectivity index (χ0v) is 9.43. The second-order valence-electron chi connectivity index (χ2n) is 3.78. The van der Waals surface area contributed by atoms with Gasteiger partial charge >= 0.3 is 0 Å². The van der Waals surface area contributed by atoms with Crippen LogP contribution < -0.4 is 0 Å². The van der Waals surface area contributed by atoms with Crippen LogP contribution in [0.4, 0.5) is 0 Å². The minimum Gasteiger partial charge on any atom is -0.0820 e. The highest BCUT2D eigenvalue weighted by molar-refractivity contribution is 5.50. The fourth-order valence-corrected chi connectivity index (χ4v) is 1.15. The summed E-state index contributed by atoms with van der Waals surface area (Å²) in [5.41, 5.74) is 1.23. The van der Waals surface area contributed by atoms with Gasteiger partial charge in [0.05, 0.1) is 0 Å². The average molecular weight is 198 g/mol. The lowest BCUT2D eigenvalue weighted by Gasteiger charge is -1.89. The van der Waals surface area contributed by atoms with Gasteiger partial charge in [0.2, 0.25) is 0 Å². The summed E-state index contributed by atoms with van der Waals surface area (Å²) in [5.74, 6) is 0.618. The first-order valence-corrected chi connectivity index (χ1v) is 5.35. The molecule has 0 unspecified atom stereocenters. The minimum absolute atomic E-state index is 0.618. The molecule has 15 heavy (non-hydrogen) atoms. The predicted octanol–water partition coefficient (Wildman–Crippen LogP) is 4.47. The maximum atomic E-state index is 2.17. The molecule has 0 aliphatic carbocycles. The van der Waals surface area contributed by atoms with Gasteiger partial charge in [-0.15, -0.1) is 0 Å². The summed E-state index contributed by atoms with van der Waals surface area (Å²) in [5, 5.41) is 0. The highest BCUT2D eigenvalue weighted by Gasteiger charge is 1.80. The maximum absolute atomic E-state index is 2.17. The van der Waals surface area contributed by atoms with E-state index < -0.39 is 0 Å². The van der Waals surface area contributed by atoms with Gasteiger partial charge in [0.1, 0.15) is 0 Å². The second-order valence-corrected chi connectivity index (χ2v) is 3.78. The summed E-state index contributed by atoms with van der Waals surface area (Å²) in [6, 6.07) is 10.3. The summed E-state index contributed by atoms with van der Waals surface area (Å²) in [6.07, 6.45) is 12.5. The Bertz CT molecular complexity index is 340. The second kappa shape index (κ2) is 6.83. The van der Waals surface area contributed by atoms with Crippen molar-refractivity contribution in [2.45, 2.75) is 13.8 Å². The zero-order chi connectivity index (χ0) is 10.9. The minimum atomic E-state index is 0.618. The molecule has 1 aromatic rings. The van der Waals surface area contributed by atoms with Gasteiger partial charge in [-0.3, -0.25) is 0 Å². The molecule has 78 valence electrons. The quantitative estimate of drug-likeness (QED) is 0.626. The van der Waals surface area contributed by atoms with Gasteiger partial charge in [-0.1, -0.05) is 80.6 Å². The standard InChI is InChI=1S/C15H18/c1-14(2)10-6-3-4-7-11-15-12-8-5-9-13-15/h3-14H,1-2H3/b4-3+,10-6+,11-7+. The number of benzene rings is 1. The molecule has 0 heteroatoms. The number of rotatable bonds is 4. The lowest BCUT2D eigenvalue weighted by molar-refractivity contribution is 0.832. The third-order valence-electron chi connectivity index (χ3n) is 1.92. The van der Waals surface area contributed by atoms with E-state index >= 15 is 0 Å².